The molecule has 0 aliphatic heterocycles. The normalized spacial score (nSPS) is 12.6. The Hall–Kier alpha value is -3.15. The van der Waals surface area contributed by atoms with Crippen molar-refractivity contribution in [1.29, 1.82) is 0 Å². The van der Waals surface area contributed by atoms with Gasteiger partial charge in [0.05, 0.1) is 0 Å². The molecule has 68 heavy (non-hydrogen) atoms. The fraction of sp³-hybridized carbons (Fsp3) is 0.758. The average molecular weight is 950 g/mol. The van der Waals surface area contributed by atoms with Crippen molar-refractivity contribution < 1.29 is 28.6 Å². The van der Waals surface area contributed by atoms with E-state index >= 15 is 0 Å². The van der Waals surface area contributed by atoms with E-state index < -0.39 is 6.10 Å². The van der Waals surface area contributed by atoms with Crippen LogP contribution in [0.5, 0.6) is 0 Å². The number of unbranched alkanes of at least 4 members (excludes halogenated alkanes) is 29. The van der Waals surface area contributed by atoms with Crippen LogP contribution in [-0.2, 0) is 28.6 Å². The number of hydrogen-bond donors (Lipinski definition) is 0. The van der Waals surface area contributed by atoms with Gasteiger partial charge in [0.2, 0.25) is 0 Å². The number of carbonyl (C=O) groups excluding carboxylic acids is 3. The number of allylic oxidation sites excluding steroid dienone is 12. The maximum atomic E-state index is 12.7. The van der Waals surface area contributed by atoms with E-state index in [2.05, 4.69) is 93.7 Å². The molecule has 0 N–H and O–H groups in total. The molecule has 0 rings (SSSR count). The third kappa shape index (κ3) is 53.8. The Labute approximate surface area is 421 Å². The number of rotatable bonds is 52. The quantitative estimate of drug-likeness (QED) is 0.0262. The minimum Gasteiger partial charge on any atom is -0.462 e. The molecule has 392 valence electrons. The minimum absolute atomic E-state index is 0.0751. The molecule has 0 fully saturated rings. The first-order valence-corrected chi connectivity index (χ1v) is 28.9. The molecule has 0 amide bonds. The van der Waals surface area contributed by atoms with Gasteiger partial charge in [-0.15, -0.1) is 0 Å². The maximum absolute atomic E-state index is 12.7. The Morgan fingerprint density at radius 1 is 0.309 bits per heavy atom. The van der Waals surface area contributed by atoms with Crippen molar-refractivity contribution in [2.24, 2.45) is 0 Å². The number of hydrogen-bond acceptors (Lipinski definition) is 6. The molecule has 0 saturated carbocycles. The molecule has 6 nitrogen and oxygen atoms in total. The van der Waals surface area contributed by atoms with E-state index in [9.17, 15) is 14.4 Å². The Kier molecular flexibility index (Phi) is 53.8. The van der Waals surface area contributed by atoms with Crippen LogP contribution in [0.15, 0.2) is 72.9 Å². The molecule has 6 heteroatoms. The van der Waals surface area contributed by atoms with Gasteiger partial charge in [0, 0.05) is 19.3 Å². The van der Waals surface area contributed by atoms with E-state index in [-0.39, 0.29) is 31.1 Å². The lowest BCUT2D eigenvalue weighted by Gasteiger charge is -2.18. The topological polar surface area (TPSA) is 78.9 Å². The van der Waals surface area contributed by atoms with Crippen LogP contribution in [0.1, 0.15) is 284 Å². The molecule has 0 heterocycles. The highest BCUT2D eigenvalue weighted by Gasteiger charge is 2.19. The van der Waals surface area contributed by atoms with Gasteiger partial charge in [0.1, 0.15) is 13.2 Å². The third-order valence-electron chi connectivity index (χ3n) is 12.4. The second kappa shape index (κ2) is 56.4. The van der Waals surface area contributed by atoms with Crippen LogP contribution in [0.2, 0.25) is 0 Å². The van der Waals surface area contributed by atoms with Crippen LogP contribution in [0.25, 0.3) is 0 Å². The first-order valence-electron chi connectivity index (χ1n) is 28.9. The summed E-state index contributed by atoms with van der Waals surface area (Å²) in [5.74, 6) is -0.883. The zero-order chi connectivity index (χ0) is 49.3. The molecule has 1 atom stereocenters. The van der Waals surface area contributed by atoms with Gasteiger partial charge in [-0.05, 0) is 83.5 Å². The van der Waals surface area contributed by atoms with Crippen LogP contribution in [-0.4, -0.2) is 37.2 Å². The lowest BCUT2D eigenvalue weighted by Crippen LogP contribution is -2.30. The first-order chi connectivity index (χ1) is 33.5. The molecular formula is C62H108O6. The number of esters is 3. The summed E-state index contributed by atoms with van der Waals surface area (Å²) >= 11 is 0. The zero-order valence-electron chi connectivity index (χ0n) is 44.9. The molecule has 0 spiro atoms. The van der Waals surface area contributed by atoms with Crippen LogP contribution < -0.4 is 0 Å². The largest absolute Gasteiger partial charge is 0.462 e. The fourth-order valence-corrected chi connectivity index (χ4v) is 8.12. The van der Waals surface area contributed by atoms with E-state index in [1.54, 1.807) is 0 Å². The summed E-state index contributed by atoms with van der Waals surface area (Å²) in [6.45, 7) is 6.45. The van der Waals surface area contributed by atoms with Crippen molar-refractivity contribution >= 4 is 17.9 Å². The Morgan fingerprint density at radius 2 is 0.603 bits per heavy atom. The molecular weight excluding hydrogens is 841 g/mol. The molecule has 0 aliphatic carbocycles. The van der Waals surface area contributed by atoms with Crippen molar-refractivity contribution in [3.63, 3.8) is 0 Å². The highest BCUT2D eigenvalue weighted by Crippen LogP contribution is 2.16. The van der Waals surface area contributed by atoms with Gasteiger partial charge in [0.15, 0.2) is 6.10 Å². The Bertz CT molecular complexity index is 1270. The lowest BCUT2D eigenvalue weighted by molar-refractivity contribution is -0.167. The summed E-state index contributed by atoms with van der Waals surface area (Å²) in [5, 5.41) is 0. The van der Waals surface area contributed by atoms with Crippen LogP contribution >= 0.6 is 0 Å². The van der Waals surface area contributed by atoms with E-state index in [1.165, 1.54) is 135 Å². The lowest BCUT2D eigenvalue weighted by atomic mass is 10.0. The summed E-state index contributed by atoms with van der Waals surface area (Å²) in [5.41, 5.74) is 0. The van der Waals surface area contributed by atoms with Gasteiger partial charge in [-0.25, -0.2) is 0 Å². The first kappa shape index (κ1) is 64.8. The molecule has 0 aromatic rings. The van der Waals surface area contributed by atoms with Gasteiger partial charge in [-0.2, -0.15) is 0 Å². The maximum Gasteiger partial charge on any atom is 0.306 e. The second-order valence-corrected chi connectivity index (χ2v) is 19.2. The minimum atomic E-state index is -0.774. The second-order valence-electron chi connectivity index (χ2n) is 19.2. The smallest absolute Gasteiger partial charge is 0.306 e. The van der Waals surface area contributed by atoms with Crippen LogP contribution in [0.3, 0.4) is 0 Å². The zero-order valence-corrected chi connectivity index (χ0v) is 44.9. The van der Waals surface area contributed by atoms with E-state index in [4.69, 9.17) is 14.2 Å². The van der Waals surface area contributed by atoms with Gasteiger partial charge in [-0.1, -0.05) is 254 Å². The highest BCUT2D eigenvalue weighted by atomic mass is 16.6. The van der Waals surface area contributed by atoms with E-state index in [0.717, 1.165) is 109 Å². The SMILES string of the molecule is CC/C=C\C/C=C\C/C=C\C/C=C\C/C=C\CCCCCCCCCCCCCCCCCC(=O)OCC(COC(=O)CCCCCCCCCCC)OC(=O)CCCCCCC/C=C\CCC. The van der Waals surface area contributed by atoms with Crippen molar-refractivity contribution in [2.75, 3.05) is 13.2 Å². The summed E-state index contributed by atoms with van der Waals surface area (Å²) in [6, 6.07) is 0. The van der Waals surface area contributed by atoms with Crippen molar-refractivity contribution in [3.8, 4) is 0 Å². The summed E-state index contributed by atoms with van der Waals surface area (Å²) in [4.78, 5) is 37.9. The average Bonchev–Trinajstić information content (AvgIpc) is 3.34. The van der Waals surface area contributed by atoms with Crippen LogP contribution in [0, 0.1) is 0 Å². The predicted molar refractivity (Wildman–Crippen MR) is 293 cm³/mol. The van der Waals surface area contributed by atoms with Crippen molar-refractivity contribution in [2.45, 2.75) is 290 Å². The van der Waals surface area contributed by atoms with E-state index in [1.807, 2.05) is 0 Å². The molecule has 0 aromatic carbocycles. The van der Waals surface area contributed by atoms with Crippen molar-refractivity contribution in [3.05, 3.63) is 72.9 Å². The van der Waals surface area contributed by atoms with Gasteiger partial charge >= 0.3 is 17.9 Å². The van der Waals surface area contributed by atoms with Crippen molar-refractivity contribution in [1.82, 2.24) is 0 Å². The summed E-state index contributed by atoms with van der Waals surface area (Å²) in [6.07, 6.45) is 72.1. The summed E-state index contributed by atoms with van der Waals surface area (Å²) in [7, 11) is 0. The fourth-order valence-electron chi connectivity index (χ4n) is 8.12. The molecule has 0 aromatic heterocycles. The molecule has 0 aliphatic rings. The number of ether oxygens (including phenoxy) is 3. The third-order valence-corrected chi connectivity index (χ3v) is 12.4. The van der Waals surface area contributed by atoms with E-state index in [0.29, 0.717) is 19.3 Å². The summed E-state index contributed by atoms with van der Waals surface area (Å²) < 4.78 is 16.8. The van der Waals surface area contributed by atoms with Gasteiger partial charge in [0.25, 0.3) is 0 Å². The predicted octanol–water partition coefficient (Wildman–Crippen LogP) is 19.4. The van der Waals surface area contributed by atoms with Crippen LogP contribution in [0.4, 0.5) is 0 Å². The number of carbonyl (C=O) groups is 3. The molecule has 1 unspecified atom stereocenters. The van der Waals surface area contributed by atoms with Gasteiger partial charge < -0.3 is 14.2 Å². The molecule has 0 radical (unpaired) electrons. The Morgan fingerprint density at radius 3 is 0.971 bits per heavy atom. The standard InChI is InChI=1S/C62H108O6/c1-4-7-10-13-16-19-21-22-23-24-25-26-27-28-29-30-31-32-33-34-35-36-37-38-39-40-41-44-46-49-52-55-61(64)67-58-59(57-66-60(63)54-51-48-45-42-18-15-12-9-6-3)68-62(65)56-53-50-47-43-20-17-14-11-8-5-2/h7,10-11,14,16,19,22-23,25-26,28-29,59H,4-6,8-9,12-13,15,17-18,20-21,24,27,30-58H2,1-3H3/b10-7-,14-11-,19-16-,23-22-,26-25-,29-28-. The molecule has 0 bridgehead atoms. The van der Waals surface area contributed by atoms with Gasteiger partial charge in [-0.3, -0.25) is 14.4 Å². The monoisotopic (exact) mass is 949 g/mol. The molecule has 0 saturated heterocycles. The highest BCUT2D eigenvalue weighted by molar-refractivity contribution is 5.71. The Balaban J connectivity index is 4.03.